The molecule has 0 aromatic heterocycles. The summed E-state index contributed by atoms with van der Waals surface area (Å²) in [6.45, 7) is 1.65. The molecule has 0 saturated carbocycles. The Labute approximate surface area is 94.6 Å². The Morgan fingerprint density at radius 2 is 2.12 bits per heavy atom. The van der Waals surface area contributed by atoms with Crippen molar-refractivity contribution in [3.8, 4) is 0 Å². The zero-order chi connectivity index (χ0) is 11.1. The van der Waals surface area contributed by atoms with E-state index in [9.17, 15) is 4.79 Å². The minimum absolute atomic E-state index is 0.0531. The Kier molecular flexibility index (Phi) is 2.11. The summed E-state index contributed by atoms with van der Waals surface area (Å²) < 4.78 is 0. The van der Waals surface area contributed by atoms with Gasteiger partial charge in [0, 0.05) is 20.1 Å². The third-order valence-electron chi connectivity index (χ3n) is 3.56. The quantitative estimate of drug-likeness (QED) is 0.671. The first-order valence-corrected chi connectivity index (χ1v) is 5.61. The number of anilines is 2. The number of fused-ring (bicyclic) bond motifs is 2. The minimum Gasteiger partial charge on any atom is -0.368 e. The van der Waals surface area contributed by atoms with Crippen molar-refractivity contribution in [2.24, 2.45) is 5.92 Å². The fourth-order valence-electron chi connectivity index (χ4n) is 2.63. The zero-order valence-corrected chi connectivity index (χ0v) is 9.23. The molecule has 1 saturated heterocycles. The molecule has 4 heteroatoms. The summed E-state index contributed by atoms with van der Waals surface area (Å²) in [7, 11) is 2.06. The van der Waals surface area contributed by atoms with E-state index in [0.29, 0.717) is 0 Å². The lowest BCUT2D eigenvalue weighted by molar-refractivity contribution is -0.119. The Morgan fingerprint density at radius 3 is 3.00 bits per heavy atom. The average Bonchev–Trinajstić information content (AvgIpc) is 2.74. The highest BCUT2D eigenvalue weighted by atomic mass is 16.2. The monoisotopic (exact) mass is 217 g/mol. The Bertz CT molecular complexity index is 432. The zero-order valence-electron chi connectivity index (χ0n) is 9.23. The molecule has 2 N–H and O–H groups in total. The van der Waals surface area contributed by atoms with E-state index in [4.69, 9.17) is 0 Å². The summed E-state index contributed by atoms with van der Waals surface area (Å²) in [5.74, 6) is 0.184. The average molecular weight is 217 g/mol. The first-order chi connectivity index (χ1) is 7.77. The fraction of sp³-hybridized carbons (Fsp3) is 0.417. The van der Waals surface area contributed by atoms with Gasteiger partial charge in [-0.1, -0.05) is 12.1 Å². The number of para-hydroxylation sites is 2. The molecule has 2 unspecified atom stereocenters. The van der Waals surface area contributed by atoms with Gasteiger partial charge in [0.05, 0.1) is 23.3 Å². The van der Waals surface area contributed by atoms with Crippen LogP contribution < -0.4 is 15.5 Å². The molecule has 0 radical (unpaired) electrons. The predicted octanol–water partition coefficient (Wildman–Crippen LogP) is 0.663. The van der Waals surface area contributed by atoms with Crippen molar-refractivity contribution in [2.75, 3.05) is 30.4 Å². The number of hydrogen-bond acceptors (Lipinski definition) is 3. The van der Waals surface area contributed by atoms with E-state index in [-0.39, 0.29) is 17.9 Å². The summed E-state index contributed by atoms with van der Waals surface area (Å²) in [6.07, 6.45) is 0. The van der Waals surface area contributed by atoms with Crippen molar-refractivity contribution in [2.45, 2.75) is 6.04 Å². The van der Waals surface area contributed by atoms with Crippen LogP contribution in [0.3, 0.4) is 0 Å². The molecule has 2 aliphatic heterocycles. The van der Waals surface area contributed by atoms with Gasteiger partial charge in [-0.2, -0.15) is 0 Å². The number of amides is 1. The summed E-state index contributed by atoms with van der Waals surface area (Å²) >= 11 is 0. The highest BCUT2D eigenvalue weighted by molar-refractivity contribution is 5.98. The van der Waals surface area contributed by atoms with Crippen LogP contribution in [0.2, 0.25) is 0 Å². The number of rotatable bonds is 0. The maximum Gasteiger partial charge on any atom is 0.230 e. The molecule has 84 valence electrons. The van der Waals surface area contributed by atoms with E-state index >= 15 is 0 Å². The van der Waals surface area contributed by atoms with Crippen LogP contribution in [0.4, 0.5) is 11.4 Å². The summed E-state index contributed by atoms with van der Waals surface area (Å²) in [5.41, 5.74) is 2.02. The molecule has 2 heterocycles. The van der Waals surface area contributed by atoms with Crippen LogP contribution in [0.25, 0.3) is 0 Å². The molecule has 2 aliphatic rings. The molecule has 0 spiro atoms. The molecule has 4 nitrogen and oxygen atoms in total. The van der Waals surface area contributed by atoms with Crippen LogP contribution in [-0.2, 0) is 4.79 Å². The highest BCUT2D eigenvalue weighted by Gasteiger charge is 2.38. The van der Waals surface area contributed by atoms with Gasteiger partial charge in [-0.25, -0.2) is 0 Å². The number of benzene rings is 1. The molecule has 0 bridgehead atoms. The van der Waals surface area contributed by atoms with Crippen molar-refractivity contribution in [1.29, 1.82) is 0 Å². The van der Waals surface area contributed by atoms with Crippen LogP contribution in [0.5, 0.6) is 0 Å². The maximum atomic E-state index is 12.0. The van der Waals surface area contributed by atoms with Crippen molar-refractivity contribution < 1.29 is 4.79 Å². The molecule has 3 rings (SSSR count). The molecule has 2 atom stereocenters. The lowest BCUT2D eigenvalue weighted by Crippen LogP contribution is -2.40. The van der Waals surface area contributed by atoms with Gasteiger partial charge in [-0.05, 0) is 12.1 Å². The Hall–Kier alpha value is -1.55. The molecule has 1 aromatic rings. The molecule has 1 aromatic carbocycles. The third-order valence-corrected chi connectivity index (χ3v) is 3.56. The molecule has 1 amide bonds. The van der Waals surface area contributed by atoms with E-state index in [1.165, 1.54) is 0 Å². The number of hydrogen-bond donors (Lipinski definition) is 2. The fourth-order valence-corrected chi connectivity index (χ4v) is 2.63. The van der Waals surface area contributed by atoms with Crippen LogP contribution >= 0.6 is 0 Å². The number of nitrogens with one attached hydrogen (secondary N) is 2. The second-order valence-corrected chi connectivity index (χ2v) is 4.45. The van der Waals surface area contributed by atoms with Crippen molar-refractivity contribution in [3.05, 3.63) is 24.3 Å². The Morgan fingerprint density at radius 1 is 1.31 bits per heavy atom. The highest BCUT2D eigenvalue weighted by Crippen LogP contribution is 2.32. The van der Waals surface area contributed by atoms with Gasteiger partial charge in [0.2, 0.25) is 5.91 Å². The van der Waals surface area contributed by atoms with Crippen LogP contribution in [0.15, 0.2) is 24.3 Å². The minimum atomic E-state index is 0.0531. The van der Waals surface area contributed by atoms with E-state index < -0.39 is 0 Å². The largest absolute Gasteiger partial charge is 0.368 e. The van der Waals surface area contributed by atoms with Gasteiger partial charge in [0.25, 0.3) is 0 Å². The number of carbonyl (C=O) groups is 1. The SMILES string of the molecule is CN1c2ccccc2NC(=O)C2CNCC21. The van der Waals surface area contributed by atoms with Crippen LogP contribution in [0.1, 0.15) is 0 Å². The second-order valence-electron chi connectivity index (χ2n) is 4.45. The smallest absolute Gasteiger partial charge is 0.230 e. The van der Waals surface area contributed by atoms with E-state index in [1.54, 1.807) is 0 Å². The second kappa shape index (κ2) is 3.49. The topological polar surface area (TPSA) is 44.4 Å². The van der Waals surface area contributed by atoms with Gasteiger partial charge in [0.15, 0.2) is 0 Å². The first kappa shape index (κ1) is 9.66. The normalized spacial score (nSPS) is 28.1. The van der Waals surface area contributed by atoms with Gasteiger partial charge in [-0.3, -0.25) is 4.79 Å². The van der Waals surface area contributed by atoms with Crippen LogP contribution in [-0.4, -0.2) is 32.1 Å². The van der Waals surface area contributed by atoms with Crippen LogP contribution in [0, 0.1) is 5.92 Å². The molecule has 0 aliphatic carbocycles. The summed E-state index contributed by atoms with van der Waals surface area (Å²) in [6, 6.07) is 8.23. The number of likely N-dealkylation sites (N-methyl/N-ethyl adjacent to an activating group) is 1. The number of carbonyl (C=O) groups excluding carboxylic acids is 1. The van der Waals surface area contributed by atoms with Crippen molar-refractivity contribution in [3.63, 3.8) is 0 Å². The summed E-state index contributed by atoms with van der Waals surface area (Å²) in [4.78, 5) is 14.2. The molecular weight excluding hydrogens is 202 g/mol. The van der Waals surface area contributed by atoms with Gasteiger partial charge < -0.3 is 15.5 Å². The predicted molar refractivity (Wildman–Crippen MR) is 63.6 cm³/mol. The summed E-state index contributed by atoms with van der Waals surface area (Å²) in [5, 5.41) is 6.28. The van der Waals surface area contributed by atoms with Gasteiger partial charge >= 0.3 is 0 Å². The standard InChI is InChI=1S/C12H15N3O/c1-15-10-5-3-2-4-9(10)14-12(16)8-6-13-7-11(8)15/h2-5,8,11,13H,6-7H2,1H3,(H,14,16). The maximum absolute atomic E-state index is 12.0. The van der Waals surface area contributed by atoms with Gasteiger partial charge in [-0.15, -0.1) is 0 Å². The molecular formula is C12H15N3O. The van der Waals surface area contributed by atoms with Crippen molar-refractivity contribution in [1.82, 2.24) is 5.32 Å². The van der Waals surface area contributed by atoms with E-state index in [2.05, 4.69) is 28.6 Å². The molecule has 16 heavy (non-hydrogen) atoms. The lowest BCUT2D eigenvalue weighted by atomic mass is 10.0. The third kappa shape index (κ3) is 1.30. The van der Waals surface area contributed by atoms with Gasteiger partial charge in [0.1, 0.15) is 0 Å². The van der Waals surface area contributed by atoms with E-state index in [0.717, 1.165) is 24.5 Å². The number of nitrogens with zero attached hydrogens (tertiary/aromatic N) is 1. The van der Waals surface area contributed by atoms with E-state index in [1.807, 2.05) is 18.2 Å². The Balaban J connectivity index is 2.08. The molecule has 1 fully saturated rings. The first-order valence-electron chi connectivity index (χ1n) is 5.61. The van der Waals surface area contributed by atoms with Crippen molar-refractivity contribution >= 4 is 17.3 Å². The lowest BCUT2D eigenvalue weighted by Gasteiger charge is -2.27.